The lowest BCUT2D eigenvalue weighted by Gasteiger charge is -2.04. The lowest BCUT2D eigenvalue weighted by atomic mass is 10.1. The zero-order chi connectivity index (χ0) is 17.6. The molecule has 0 radical (unpaired) electrons. The number of pyridine rings is 1. The van der Waals surface area contributed by atoms with E-state index in [4.69, 9.17) is 4.52 Å². The van der Waals surface area contributed by atoms with E-state index in [-0.39, 0.29) is 5.91 Å². The van der Waals surface area contributed by atoms with Crippen molar-refractivity contribution >= 4 is 17.2 Å². The number of carbonyl (C=O) groups excluding carboxylic acids is 1. The van der Waals surface area contributed by atoms with Crippen LogP contribution in [0, 0.1) is 13.8 Å². The fraction of sp³-hybridized carbons (Fsp3) is 0.333. The summed E-state index contributed by atoms with van der Waals surface area (Å²) in [6, 6.07) is 3.90. The minimum atomic E-state index is -0.00832. The summed E-state index contributed by atoms with van der Waals surface area (Å²) in [7, 11) is 0. The van der Waals surface area contributed by atoms with Crippen molar-refractivity contribution in [3.8, 4) is 11.3 Å². The number of amides is 1. The molecule has 0 aliphatic carbocycles. The highest BCUT2D eigenvalue weighted by Gasteiger charge is 2.13. The van der Waals surface area contributed by atoms with Crippen LogP contribution in [0.2, 0.25) is 0 Å². The smallest absolute Gasteiger partial charge is 0.224 e. The first kappa shape index (κ1) is 17.3. The Morgan fingerprint density at radius 2 is 2.08 bits per heavy atom. The predicted octanol–water partition coefficient (Wildman–Crippen LogP) is 3.10. The number of hydrogen-bond donors (Lipinski definition) is 1. The van der Waals surface area contributed by atoms with Gasteiger partial charge < -0.3 is 9.84 Å². The number of hydrogen-bond acceptors (Lipinski definition) is 6. The zero-order valence-electron chi connectivity index (χ0n) is 14.3. The number of aryl methyl sites for hydroxylation is 3. The highest BCUT2D eigenvalue weighted by molar-refractivity contribution is 7.09. The second kappa shape index (κ2) is 8.02. The predicted molar refractivity (Wildman–Crippen MR) is 96.4 cm³/mol. The Labute approximate surface area is 150 Å². The molecule has 0 fully saturated rings. The third kappa shape index (κ3) is 4.51. The number of aromatic nitrogens is 3. The highest BCUT2D eigenvalue weighted by atomic mass is 32.1. The Bertz CT molecular complexity index is 822. The molecule has 0 atom stereocenters. The molecule has 0 unspecified atom stereocenters. The molecule has 7 heteroatoms. The van der Waals surface area contributed by atoms with E-state index in [1.165, 1.54) is 0 Å². The normalized spacial score (nSPS) is 10.8. The first-order valence-electron chi connectivity index (χ1n) is 8.16. The van der Waals surface area contributed by atoms with Crippen LogP contribution in [0.25, 0.3) is 11.3 Å². The Morgan fingerprint density at radius 1 is 1.28 bits per heavy atom. The molecule has 3 rings (SSSR count). The number of nitrogens with one attached hydrogen (secondary N) is 1. The molecule has 1 amide bonds. The monoisotopic (exact) mass is 356 g/mol. The Morgan fingerprint density at radius 3 is 2.80 bits per heavy atom. The zero-order valence-corrected chi connectivity index (χ0v) is 15.1. The number of nitrogens with zero attached hydrogens (tertiary/aromatic N) is 3. The van der Waals surface area contributed by atoms with Crippen molar-refractivity contribution in [2.75, 3.05) is 6.54 Å². The van der Waals surface area contributed by atoms with Gasteiger partial charge in [0.1, 0.15) is 5.76 Å². The lowest BCUT2D eigenvalue weighted by Crippen LogP contribution is -2.26. The van der Waals surface area contributed by atoms with Gasteiger partial charge in [-0.3, -0.25) is 9.78 Å². The van der Waals surface area contributed by atoms with Crippen LogP contribution in [0.5, 0.6) is 0 Å². The number of rotatable bonds is 7. The van der Waals surface area contributed by atoms with Gasteiger partial charge in [0.25, 0.3) is 0 Å². The maximum absolute atomic E-state index is 12.0. The molecular formula is C18H20N4O2S. The van der Waals surface area contributed by atoms with Gasteiger partial charge in [-0.05, 0) is 32.4 Å². The van der Waals surface area contributed by atoms with Crippen LogP contribution in [0.1, 0.15) is 28.4 Å². The molecule has 0 spiro atoms. The molecule has 1 N–H and O–H groups in total. The van der Waals surface area contributed by atoms with E-state index >= 15 is 0 Å². The number of carbonyl (C=O) groups is 1. The minimum Gasteiger partial charge on any atom is -0.361 e. The molecule has 0 bridgehead atoms. The Hall–Kier alpha value is -2.54. The Kier molecular flexibility index (Phi) is 5.55. The molecule has 25 heavy (non-hydrogen) atoms. The van der Waals surface area contributed by atoms with Crippen LogP contribution in [-0.4, -0.2) is 27.6 Å². The molecule has 6 nitrogen and oxygen atoms in total. The van der Waals surface area contributed by atoms with E-state index in [9.17, 15) is 4.79 Å². The van der Waals surface area contributed by atoms with Gasteiger partial charge in [-0.1, -0.05) is 5.16 Å². The van der Waals surface area contributed by atoms with Crippen LogP contribution in [0.15, 0.2) is 34.4 Å². The Balaban J connectivity index is 1.43. The van der Waals surface area contributed by atoms with Crippen LogP contribution in [-0.2, 0) is 17.6 Å². The van der Waals surface area contributed by atoms with Gasteiger partial charge in [0.05, 0.1) is 22.8 Å². The van der Waals surface area contributed by atoms with Crippen molar-refractivity contribution in [3.05, 3.63) is 51.9 Å². The van der Waals surface area contributed by atoms with Crippen molar-refractivity contribution in [3.63, 3.8) is 0 Å². The van der Waals surface area contributed by atoms with E-state index in [1.807, 2.05) is 26.0 Å². The van der Waals surface area contributed by atoms with Crippen LogP contribution in [0.3, 0.4) is 0 Å². The highest BCUT2D eigenvalue weighted by Crippen LogP contribution is 2.21. The molecule has 3 aromatic rings. The summed E-state index contributed by atoms with van der Waals surface area (Å²) in [6.45, 7) is 4.31. The SMILES string of the molecule is Cc1noc(C)c1CC(=O)NCCCc1nc(-c2ccncc2)cs1. The molecule has 3 aromatic heterocycles. The van der Waals surface area contributed by atoms with E-state index < -0.39 is 0 Å². The van der Waals surface area contributed by atoms with Gasteiger partial charge in [0, 0.05) is 41.9 Å². The standard InChI is InChI=1S/C18H20N4O2S/c1-12-15(13(2)24-22-12)10-17(23)20-7-3-4-18-21-16(11-25-18)14-5-8-19-9-6-14/h5-6,8-9,11H,3-4,7,10H2,1-2H3,(H,20,23). The van der Waals surface area contributed by atoms with Crippen molar-refractivity contribution in [1.29, 1.82) is 0 Å². The third-order valence-corrected chi connectivity index (χ3v) is 4.84. The summed E-state index contributed by atoms with van der Waals surface area (Å²) in [4.78, 5) is 20.7. The van der Waals surface area contributed by atoms with Gasteiger partial charge in [0.2, 0.25) is 5.91 Å². The lowest BCUT2D eigenvalue weighted by molar-refractivity contribution is -0.120. The van der Waals surface area contributed by atoms with Gasteiger partial charge in [-0.2, -0.15) is 0 Å². The molecular weight excluding hydrogens is 336 g/mol. The fourth-order valence-electron chi connectivity index (χ4n) is 2.53. The van der Waals surface area contributed by atoms with E-state index in [2.05, 4.69) is 25.8 Å². The maximum Gasteiger partial charge on any atom is 0.224 e. The van der Waals surface area contributed by atoms with Crippen molar-refractivity contribution in [2.24, 2.45) is 0 Å². The maximum atomic E-state index is 12.0. The first-order valence-corrected chi connectivity index (χ1v) is 9.04. The van der Waals surface area contributed by atoms with E-state index in [1.54, 1.807) is 23.7 Å². The topological polar surface area (TPSA) is 80.9 Å². The third-order valence-electron chi connectivity index (χ3n) is 3.94. The summed E-state index contributed by atoms with van der Waals surface area (Å²) in [5, 5.41) is 9.94. The molecule has 0 saturated carbocycles. The summed E-state index contributed by atoms with van der Waals surface area (Å²) in [5.41, 5.74) is 3.70. The quantitative estimate of drug-likeness (QED) is 0.658. The largest absolute Gasteiger partial charge is 0.361 e. The first-order chi connectivity index (χ1) is 12.1. The summed E-state index contributed by atoms with van der Waals surface area (Å²) in [6.07, 6.45) is 5.55. The molecule has 0 aliphatic rings. The minimum absolute atomic E-state index is 0.00832. The van der Waals surface area contributed by atoms with Crippen molar-refractivity contribution in [1.82, 2.24) is 20.4 Å². The van der Waals surface area contributed by atoms with E-state index in [0.29, 0.717) is 18.7 Å². The summed E-state index contributed by atoms with van der Waals surface area (Å²) >= 11 is 1.65. The van der Waals surface area contributed by atoms with Crippen molar-refractivity contribution < 1.29 is 9.32 Å². The molecule has 0 aliphatic heterocycles. The molecule has 0 saturated heterocycles. The number of thiazole rings is 1. The molecule has 3 heterocycles. The average molecular weight is 356 g/mol. The van der Waals surface area contributed by atoms with Crippen LogP contribution < -0.4 is 5.32 Å². The van der Waals surface area contributed by atoms with E-state index in [0.717, 1.165) is 40.4 Å². The fourth-order valence-corrected chi connectivity index (χ4v) is 3.38. The van der Waals surface area contributed by atoms with Crippen LogP contribution in [0.4, 0.5) is 0 Å². The second-order valence-corrected chi connectivity index (χ2v) is 6.74. The molecule has 130 valence electrons. The van der Waals surface area contributed by atoms with Gasteiger partial charge in [-0.25, -0.2) is 4.98 Å². The molecule has 0 aromatic carbocycles. The van der Waals surface area contributed by atoms with Crippen molar-refractivity contribution in [2.45, 2.75) is 33.1 Å². The summed E-state index contributed by atoms with van der Waals surface area (Å²) in [5.74, 6) is 0.699. The van der Waals surface area contributed by atoms with Gasteiger partial charge in [0.15, 0.2) is 0 Å². The van der Waals surface area contributed by atoms with Gasteiger partial charge in [-0.15, -0.1) is 11.3 Å². The second-order valence-electron chi connectivity index (χ2n) is 5.80. The average Bonchev–Trinajstić information content (AvgIpc) is 3.22. The summed E-state index contributed by atoms with van der Waals surface area (Å²) < 4.78 is 5.08. The van der Waals surface area contributed by atoms with Crippen LogP contribution >= 0.6 is 11.3 Å². The van der Waals surface area contributed by atoms with Gasteiger partial charge >= 0.3 is 0 Å².